The van der Waals surface area contributed by atoms with Crippen molar-refractivity contribution in [2.75, 3.05) is 13.7 Å². The summed E-state index contributed by atoms with van der Waals surface area (Å²) in [6.07, 6.45) is 14.9. The topological polar surface area (TPSA) is 86.4 Å². The number of allylic oxidation sites excluding steroid dienone is 5. The van der Waals surface area contributed by atoms with Gasteiger partial charge < -0.3 is 25.3 Å². The summed E-state index contributed by atoms with van der Waals surface area (Å²) >= 11 is 0. The van der Waals surface area contributed by atoms with Crippen LogP contribution in [0, 0.1) is 11.3 Å². The van der Waals surface area contributed by atoms with Crippen LogP contribution >= 0.6 is 0 Å². The second kappa shape index (κ2) is 13.9. The van der Waals surface area contributed by atoms with Crippen LogP contribution in [0.4, 0.5) is 0 Å². The molecule has 38 heavy (non-hydrogen) atoms. The van der Waals surface area contributed by atoms with E-state index in [0.717, 1.165) is 29.4 Å². The molecule has 2 aliphatic carbocycles. The molecule has 0 amide bonds. The van der Waals surface area contributed by atoms with E-state index in [1.807, 2.05) is 6.07 Å². The molecule has 3 N–H and O–H groups in total. The summed E-state index contributed by atoms with van der Waals surface area (Å²) in [4.78, 5) is 3.92. The molecule has 2 aliphatic rings. The molecular formula is C31H40N6O. The molecule has 1 heterocycles. The molecule has 4 rings (SSSR count). The smallest absolute Gasteiger partial charge is 0.127 e. The normalized spacial score (nSPS) is 14.9. The van der Waals surface area contributed by atoms with Crippen LogP contribution in [0.3, 0.4) is 0 Å². The highest BCUT2D eigenvalue weighted by Crippen LogP contribution is 2.40. The largest absolute Gasteiger partial charge is 0.487 e. The standard InChI is InChI=1S/C29H37N5O.C2H3N/c1-20(2)32-22(4)33-25-9-6-8-23(12-14-25)28-16-24-13-15-27(35-18-21(3)31-19-30-5)17-29(24)34(28)26-10-7-11-26;1-2-3/h6,9,12-17,19-20,26,32-33H,3-4,7-8,10-11,18H2,1-2,5H3,(H,30,31);1H3. The molecule has 0 bridgehead atoms. The molecule has 1 aromatic heterocycles. The second-order valence-electron chi connectivity index (χ2n) is 9.68. The van der Waals surface area contributed by atoms with Crippen molar-refractivity contribution in [3.05, 3.63) is 84.6 Å². The van der Waals surface area contributed by atoms with E-state index in [9.17, 15) is 0 Å². The van der Waals surface area contributed by atoms with E-state index in [1.54, 1.807) is 19.5 Å². The molecule has 200 valence electrons. The van der Waals surface area contributed by atoms with E-state index in [-0.39, 0.29) is 0 Å². The maximum absolute atomic E-state index is 7.32. The van der Waals surface area contributed by atoms with E-state index in [2.05, 4.69) is 95.0 Å². The summed E-state index contributed by atoms with van der Waals surface area (Å²) in [6, 6.07) is 11.3. The lowest BCUT2D eigenvalue weighted by molar-refractivity contribution is 0.319. The highest BCUT2D eigenvalue weighted by Gasteiger charge is 2.25. The molecule has 1 aromatic carbocycles. The average Bonchev–Trinajstić information content (AvgIpc) is 3.03. The van der Waals surface area contributed by atoms with E-state index >= 15 is 0 Å². The van der Waals surface area contributed by atoms with Crippen LogP contribution < -0.4 is 20.7 Å². The molecule has 7 heteroatoms. The van der Waals surface area contributed by atoms with Gasteiger partial charge in [-0.3, -0.25) is 4.99 Å². The van der Waals surface area contributed by atoms with Crippen molar-refractivity contribution in [3.8, 4) is 11.8 Å². The minimum absolute atomic E-state index is 0.336. The molecule has 0 saturated heterocycles. The van der Waals surface area contributed by atoms with Gasteiger partial charge in [-0.05, 0) is 75.5 Å². The zero-order valence-corrected chi connectivity index (χ0v) is 23.1. The molecule has 2 aromatic rings. The van der Waals surface area contributed by atoms with Gasteiger partial charge in [0.2, 0.25) is 0 Å². The van der Waals surface area contributed by atoms with Gasteiger partial charge in [0.1, 0.15) is 12.4 Å². The van der Waals surface area contributed by atoms with Crippen LogP contribution in [0.1, 0.15) is 58.2 Å². The van der Waals surface area contributed by atoms with Gasteiger partial charge >= 0.3 is 0 Å². The lowest BCUT2D eigenvalue weighted by Gasteiger charge is -2.30. The van der Waals surface area contributed by atoms with Crippen LogP contribution in [0.5, 0.6) is 5.75 Å². The molecule has 0 atom stereocenters. The number of aromatic nitrogens is 1. The Labute approximate surface area is 227 Å². The second-order valence-corrected chi connectivity index (χ2v) is 9.68. The van der Waals surface area contributed by atoms with E-state index < -0.39 is 0 Å². The van der Waals surface area contributed by atoms with Crippen LogP contribution in [-0.4, -0.2) is 30.6 Å². The van der Waals surface area contributed by atoms with Gasteiger partial charge in [0, 0.05) is 54.6 Å². The quantitative estimate of drug-likeness (QED) is 0.242. The fourth-order valence-corrected chi connectivity index (χ4v) is 4.40. The number of rotatable bonds is 11. The summed E-state index contributed by atoms with van der Waals surface area (Å²) in [6.45, 7) is 14.1. The monoisotopic (exact) mass is 512 g/mol. The molecular weight excluding hydrogens is 472 g/mol. The lowest BCUT2D eigenvalue weighted by Crippen LogP contribution is -2.29. The van der Waals surface area contributed by atoms with Crippen molar-refractivity contribution >= 4 is 22.8 Å². The number of benzene rings is 1. The Bertz CT molecular complexity index is 1300. The van der Waals surface area contributed by atoms with Crippen LogP contribution in [-0.2, 0) is 0 Å². The predicted octanol–water partition coefficient (Wildman–Crippen LogP) is 6.32. The maximum atomic E-state index is 7.32. The van der Waals surface area contributed by atoms with Gasteiger partial charge in [-0.1, -0.05) is 25.3 Å². The highest BCUT2D eigenvalue weighted by molar-refractivity contribution is 5.87. The van der Waals surface area contributed by atoms with E-state index in [4.69, 9.17) is 10.00 Å². The van der Waals surface area contributed by atoms with Gasteiger partial charge in [0.15, 0.2) is 0 Å². The minimum atomic E-state index is 0.336. The first-order valence-corrected chi connectivity index (χ1v) is 13.1. The number of fused-ring (bicyclic) bond motifs is 1. The van der Waals surface area contributed by atoms with Crippen LogP contribution in [0.25, 0.3) is 16.5 Å². The predicted molar refractivity (Wildman–Crippen MR) is 159 cm³/mol. The third-order valence-electron chi connectivity index (χ3n) is 6.25. The Hall–Kier alpha value is -4.18. The Morgan fingerprint density at radius 1 is 1.26 bits per heavy atom. The summed E-state index contributed by atoms with van der Waals surface area (Å²) in [5, 5.41) is 18.3. The molecule has 0 aliphatic heterocycles. The number of ether oxygens (including phenoxy) is 1. The zero-order valence-electron chi connectivity index (χ0n) is 23.1. The fourth-order valence-electron chi connectivity index (χ4n) is 4.40. The number of hydrogen-bond acceptors (Lipinski definition) is 5. The van der Waals surface area contributed by atoms with Crippen molar-refractivity contribution in [1.29, 1.82) is 5.26 Å². The molecule has 0 unspecified atom stereocenters. The minimum Gasteiger partial charge on any atom is -0.487 e. The van der Waals surface area contributed by atoms with E-state index in [0.29, 0.717) is 18.7 Å². The number of hydrogen-bond donors (Lipinski definition) is 3. The molecule has 0 spiro atoms. The first-order chi connectivity index (χ1) is 18.4. The summed E-state index contributed by atoms with van der Waals surface area (Å²) in [7, 11) is 1.72. The summed E-state index contributed by atoms with van der Waals surface area (Å²) in [5.74, 6) is 1.65. The summed E-state index contributed by atoms with van der Waals surface area (Å²) < 4.78 is 8.54. The van der Waals surface area contributed by atoms with Crippen molar-refractivity contribution in [3.63, 3.8) is 0 Å². The van der Waals surface area contributed by atoms with Crippen LogP contribution in [0.15, 0.2) is 83.9 Å². The third-order valence-corrected chi connectivity index (χ3v) is 6.25. The Morgan fingerprint density at radius 2 is 2.03 bits per heavy atom. The molecule has 1 saturated carbocycles. The first kappa shape index (κ1) is 28.4. The van der Waals surface area contributed by atoms with Gasteiger partial charge in [0.05, 0.1) is 23.7 Å². The van der Waals surface area contributed by atoms with Gasteiger partial charge in [0.25, 0.3) is 0 Å². The number of nitrogens with one attached hydrogen (secondary N) is 3. The number of nitriles is 1. The Balaban J connectivity index is 0.00000127. The van der Waals surface area contributed by atoms with Gasteiger partial charge in [-0.15, -0.1) is 0 Å². The molecule has 0 radical (unpaired) electrons. The number of nitrogens with zero attached hydrogens (tertiary/aromatic N) is 3. The van der Waals surface area contributed by atoms with Crippen molar-refractivity contribution in [2.24, 2.45) is 4.99 Å². The Kier molecular flexibility index (Phi) is 10.4. The van der Waals surface area contributed by atoms with Gasteiger partial charge in [-0.25, -0.2) is 0 Å². The van der Waals surface area contributed by atoms with Crippen molar-refractivity contribution in [2.45, 2.75) is 58.5 Å². The zero-order chi connectivity index (χ0) is 27.5. The summed E-state index contributed by atoms with van der Waals surface area (Å²) in [5.41, 5.74) is 5.61. The maximum Gasteiger partial charge on any atom is 0.127 e. The van der Waals surface area contributed by atoms with Crippen molar-refractivity contribution in [1.82, 2.24) is 20.5 Å². The molecule has 7 nitrogen and oxygen atoms in total. The van der Waals surface area contributed by atoms with Crippen molar-refractivity contribution < 1.29 is 4.74 Å². The lowest BCUT2D eigenvalue weighted by atomic mass is 9.92. The Morgan fingerprint density at radius 3 is 2.68 bits per heavy atom. The highest BCUT2D eigenvalue weighted by atomic mass is 16.5. The molecule has 1 fully saturated rings. The SMILES string of the molecule is C=C(COc1ccc2cc(C3=CC=C(NC(=C)NC(C)C)C=CC3)n(C3CCC3)c2c1)NC=NC.CC#N. The first-order valence-electron chi connectivity index (χ1n) is 13.1. The van der Waals surface area contributed by atoms with Crippen LogP contribution in [0.2, 0.25) is 0 Å². The third kappa shape index (κ3) is 7.66. The number of aliphatic imine (C=N–C) groups is 1. The van der Waals surface area contributed by atoms with Gasteiger partial charge in [-0.2, -0.15) is 5.26 Å². The average molecular weight is 513 g/mol. The fraction of sp³-hybridized carbons (Fsp3) is 0.355. The van der Waals surface area contributed by atoms with E-state index in [1.165, 1.54) is 48.4 Å².